The van der Waals surface area contributed by atoms with E-state index >= 15 is 0 Å². The molecule has 0 heterocycles. The van der Waals surface area contributed by atoms with Crippen LogP contribution in [0.15, 0.2) is 24.3 Å². The summed E-state index contributed by atoms with van der Waals surface area (Å²) in [6, 6.07) is 6.39. The van der Waals surface area contributed by atoms with Crippen molar-refractivity contribution in [1.82, 2.24) is 0 Å². The third-order valence-corrected chi connectivity index (χ3v) is 5.21. The van der Waals surface area contributed by atoms with Crippen molar-refractivity contribution in [2.75, 3.05) is 0 Å². The van der Waals surface area contributed by atoms with E-state index in [1.54, 1.807) is 13.0 Å². The Hall–Kier alpha value is -1.87. The number of benzene rings is 2. The van der Waals surface area contributed by atoms with Crippen LogP contribution in [0.25, 0.3) is 11.1 Å². The van der Waals surface area contributed by atoms with Gasteiger partial charge in [0.1, 0.15) is 11.6 Å². The highest BCUT2D eigenvalue weighted by atomic mass is 19.1. The predicted molar refractivity (Wildman–Crippen MR) is 111 cm³/mol. The first-order valence-corrected chi connectivity index (χ1v) is 10.0. The third kappa shape index (κ3) is 4.52. The number of aliphatic hydroxyl groups is 1. The van der Waals surface area contributed by atoms with Gasteiger partial charge in [0, 0.05) is 11.6 Å². The van der Waals surface area contributed by atoms with Crippen molar-refractivity contribution in [3.05, 3.63) is 52.3 Å². The van der Waals surface area contributed by atoms with Gasteiger partial charge in [-0.05, 0) is 71.6 Å². The molecule has 0 fully saturated rings. The van der Waals surface area contributed by atoms with Crippen LogP contribution in [0, 0.1) is 5.82 Å². The van der Waals surface area contributed by atoms with Crippen LogP contribution in [0.1, 0.15) is 94.6 Å². The zero-order valence-corrected chi connectivity index (χ0v) is 17.4. The molecule has 0 amide bonds. The molecule has 0 bridgehead atoms. The van der Waals surface area contributed by atoms with Gasteiger partial charge in [-0.25, -0.2) is 4.39 Å². The Balaban J connectivity index is 2.97. The van der Waals surface area contributed by atoms with Crippen molar-refractivity contribution in [2.24, 2.45) is 0 Å². The molecule has 0 aliphatic heterocycles. The normalized spacial score (nSPS) is 12.8. The van der Waals surface area contributed by atoms with Gasteiger partial charge in [0.2, 0.25) is 0 Å². The fraction of sp³-hybridized carbons (Fsp3) is 0.500. The van der Waals surface area contributed by atoms with Gasteiger partial charge in [0.05, 0.1) is 6.10 Å². The molecule has 0 aromatic heterocycles. The van der Waals surface area contributed by atoms with Gasteiger partial charge >= 0.3 is 0 Å². The van der Waals surface area contributed by atoms with E-state index in [4.69, 9.17) is 0 Å². The number of phenolic OH excluding ortho intramolecular Hbond substituents is 1. The van der Waals surface area contributed by atoms with E-state index in [2.05, 4.69) is 40.7 Å². The van der Waals surface area contributed by atoms with Crippen molar-refractivity contribution < 1.29 is 14.6 Å². The molecular formula is C24H33FO2. The molecule has 2 nitrogen and oxygen atoms in total. The quantitative estimate of drug-likeness (QED) is 0.558. The number of aliphatic hydroxyl groups excluding tert-OH is 1. The van der Waals surface area contributed by atoms with Crippen molar-refractivity contribution in [1.29, 1.82) is 0 Å². The Kier molecular flexibility index (Phi) is 7.05. The number of halogens is 1. The maximum atomic E-state index is 13.6. The summed E-state index contributed by atoms with van der Waals surface area (Å²) in [7, 11) is 0. The van der Waals surface area contributed by atoms with E-state index in [1.807, 2.05) is 0 Å². The Morgan fingerprint density at radius 3 is 2.07 bits per heavy atom. The second-order valence-corrected chi connectivity index (χ2v) is 8.07. The van der Waals surface area contributed by atoms with Crippen molar-refractivity contribution in [2.45, 2.75) is 78.7 Å². The summed E-state index contributed by atoms with van der Waals surface area (Å²) in [6.45, 7) is 12.5. The van der Waals surface area contributed by atoms with Crippen molar-refractivity contribution in [3.63, 3.8) is 0 Å². The molecule has 27 heavy (non-hydrogen) atoms. The summed E-state index contributed by atoms with van der Waals surface area (Å²) in [5, 5.41) is 21.2. The highest BCUT2D eigenvalue weighted by Crippen LogP contribution is 2.44. The van der Waals surface area contributed by atoms with E-state index in [-0.39, 0.29) is 11.7 Å². The Morgan fingerprint density at radius 2 is 1.59 bits per heavy atom. The number of unbranched alkanes of at least 4 members (excludes halogenated alkanes) is 1. The highest BCUT2D eigenvalue weighted by molar-refractivity contribution is 5.79. The maximum Gasteiger partial charge on any atom is 0.126 e. The van der Waals surface area contributed by atoms with E-state index in [0.29, 0.717) is 11.5 Å². The first-order valence-electron chi connectivity index (χ1n) is 10.0. The Labute approximate surface area is 163 Å². The number of rotatable bonds is 7. The Bertz CT molecular complexity index is 791. The van der Waals surface area contributed by atoms with E-state index in [9.17, 15) is 14.6 Å². The monoisotopic (exact) mass is 372 g/mol. The summed E-state index contributed by atoms with van der Waals surface area (Å²) in [5.41, 5.74) is 5.83. The SMILES string of the molecule is CCCCc1c(C(C)C)cc(C(C)C)c(C(C)O)c1-c1ccc(F)cc1O. The fourth-order valence-corrected chi connectivity index (χ4v) is 3.87. The first kappa shape index (κ1) is 21.4. The topological polar surface area (TPSA) is 40.5 Å². The number of aromatic hydroxyl groups is 1. The van der Waals surface area contributed by atoms with Gasteiger partial charge in [0.25, 0.3) is 0 Å². The molecule has 0 aliphatic carbocycles. The molecule has 0 saturated heterocycles. The lowest BCUT2D eigenvalue weighted by Crippen LogP contribution is -2.11. The molecule has 148 valence electrons. The van der Waals surface area contributed by atoms with Gasteiger partial charge in [0.15, 0.2) is 0 Å². The van der Waals surface area contributed by atoms with Gasteiger partial charge in [-0.1, -0.05) is 47.1 Å². The standard InChI is InChI=1S/C24H33FO2/c1-7-8-9-18-20(14(2)3)13-21(15(4)5)23(16(6)26)24(18)19-11-10-17(25)12-22(19)27/h10-16,26-27H,7-9H2,1-6H3. The molecule has 0 aliphatic rings. The molecule has 2 rings (SSSR count). The molecule has 3 heteroatoms. The molecule has 2 N–H and O–H groups in total. The second kappa shape index (κ2) is 8.88. The summed E-state index contributed by atoms with van der Waals surface area (Å²) in [6.07, 6.45) is 2.27. The molecule has 0 radical (unpaired) electrons. The van der Waals surface area contributed by atoms with E-state index < -0.39 is 11.9 Å². The molecule has 0 saturated carbocycles. The first-order chi connectivity index (χ1) is 12.7. The minimum atomic E-state index is -0.677. The van der Waals surface area contributed by atoms with Crippen LogP contribution in [0.2, 0.25) is 0 Å². The summed E-state index contributed by atoms with van der Waals surface area (Å²) < 4.78 is 13.6. The molecule has 2 aromatic rings. The lowest BCUT2D eigenvalue weighted by atomic mass is 9.78. The maximum absolute atomic E-state index is 13.6. The lowest BCUT2D eigenvalue weighted by Gasteiger charge is -2.27. The van der Waals surface area contributed by atoms with Crippen LogP contribution in [0.5, 0.6) is 5.75 Å². The third-order valence-electron chi connectivity index (χ3n) is 5.21. The van der Waals surface area contributed by atoms with E-state index in [1.165, 1.54) is 11.6 Å². The molecule has 1 unspecified atom stereocenters. The average Bonchev–Trinajstić information content (AvgIpc) is 2.58. The summed E-state index contributed by atoms with van der Waals surface area (Å²) in [4.78, 5) is 0. The predicted octanol–water partition coefficient (Wildman–Crippen LogP) is 6.84. The summed E-state index contributed by atoms with van der Waals surface area (Å²) in [5.74, 6) is 0.00623. The molecular weight excluding hydrogens is 339 g/mol. The smallest absolute Gasteiger partial charge is 0.126 e. The van der Waals surface area contributed by atoms with Gasteiger partial charge in [-0.2, -0.15) is 0 Å². The zero-order valence-electron chi connectivity index (χ0n) is 17.4. The molecule has 1 atom stereocenters. The van der Waals surface area contributed by atoms with Crippen molar-refractivity contribution in [3.8, 4) is 16.9 Å². The van der Waals surface area contributed by atoms with Crippen LogP contribution in [0.4, 0.5) is 4.39 Å². The van der Waals surface area contributed by atoms with Crippen LogP contribution in [0.3, 0.4) is 0 Å². The minimum Gasteiger partial charge on any atom is -0.507 e. The van der Waals surface area contributed by atoms with E-state index in [0.717, 1.165) is 47.6 Å². The van der Waals surface area contributed by atoms with Crippen LogP contribution in [-0.4, -0.2) is 10.2 Å². The fourth-order valence-electron chi connectivity index (χ4n) is 3.87. The summed E-state index contributed by atoms with van der Waals surface area (Å²) >= 11 is 0. The van der Waals surface area contributed by atoms with Crippen molar-refractivity contribution >= 4 is 0 Å². The largest absolute Gasteiger partial charge is 0.507 e. The van der Waals surface area contributed by atoms with Crippen LogP contribution < -0.4 is 0 Å². The van der Waals surface area contributed by atoms with Gasteiger partial charge in [-0.15, -0.1) is 0 Å². The molecule has 0 spiro atoms. The average molecular weight is 373 g/mol. The number of phenols is 1. The Morgan fingerprint density at radius 1 is 0.963 bits per heavy atom. The highest BCUT2D eigenvalue weighted by Gasteiger charge is 2.25. The van der Waals surface area contributed by atoms with Crippen LogP contribution >= 0.6 is 0 Å². The zero-order chi connectivity index (χ0) is 20.3. The number of hydrogen-bond donors (Lipinski definition) is 2. The number of hydrogen-bond acceptors (Lipinski definition) is 2. The minimum absolute atomic E-state index is 0.0785. The lowest BCUT2D eigenvalue weighted by molar-refractivity contribution is 0.198. The van der Waals surface area contributed by atoms with Crippen LogP contribution in [-0.2, 0) is 6.42 Å². The second-order valence-electron chi connectivity index (χ2n) is 8.07. The van der Waals surface area contributed by atoms with Gasteiger partial charge in [-0.3, -0.25) is 0 Å². The van der Waals surface area contributed by atoms with Gasteiger partial charge < -0.3 is 10.2 Å². The molecule has 2 aromatic carbocycles.